The lowest BCUT2D eigenvalue weighted by atomic mass is 10.2. The van der Waals surface area contributed by atoms with Gasteiger partial charge < -0.3 is 5.73 Å². The van der Waals surface area contributed by atoms with E-state index in [1.165, 1.54) is 6.21 Å². The first kappa shape index (κ1) is 17.3. The number of hydrogen-bond acceptors (Lipinski definition) is 5. The summed E-state index contributed by atoms with van der Waals surface area (Å²) in [4.78, 5) is 12.7. The molecule has 0 aliphatic rings. The summed E-state index contributed by atoms with van der Waals surface area (Å²) in [6, 6.07) is 16.5. The van der Waals surface area contributed by atoms with Gasteiger partial charge in [-0.25, -0.2) is 5.43 Å². The molecule has 0 fully saturated rings. The van der Waals surface area contributed by atoms with Crippen LogP contribution in [0.4, 0.5) is 5.82 Å². The minimum atomic E-state index is -0.409. The van der Waals surface area contributed by atoms with Crippen LogP contribution in [-0.2, 0) is 0 Å². The number of aromatic nitrogens is 1. The fourth-order valence-corrected chi connectivity index (χ4v) is 3.52. The lowest BCUT2D eigenvalue weighted by Gasteiger charge is -2.05. The van der Waals surface area contributed by atoms with Crippen molar-refractivity contribution in [1.29, 1.82) is 0 Å². The van der Waals surface area contributed by atoms with Gasteiger partial charge in [0.25, 0.3) is 5.91 Å². The van der Waals surface area contributed by atoms with Crippen LogP contribution in [0.15, 0.2) is 59.7 Å². The minimum absolute atomic E-state index is 0.292. The molecule has 0 aliphatic heterocycles. The molecule has 0 spiro atoms. The van der Waals surface area contributed by atoms with E-state index in [1.807, 2.05) is 30.3 Å². The highest BCUT2D eigenvalue weighted by atomic mass is 35.5. The fraction of sp³-hybridized carbons (Fsp3) is 0. The van der Waals surface area contributed by atoms with Crippen molar-refractivity contribution in [3.63, 3.8) is 0 Å². The molecule has 25 heavy (non-hydrogen) atoms. The van der Waals surface area contributed by atoms with Crippen LogP contribution in [0.1, 0.15) is 15.2 Å². The first-order valence-corrected chi connectivity index (χ1v) is 8.82. The van der Waals surface area contributed by atoms with Crippen LogP contribution in [0.2, 0.25) is 5.02 Å². The SMILES string of the molecule is Nc1c(C(=O)N/N=C\c2ccc(Cl)cc2)sc(=S)n1-c1ccccc1. The van der Waals surface area contributed by atoms with E-state index in [4.69, 9.17) is 29.6 Å². The monoisotopic (exact) mass is 388 g/mol. The van der Waals surface area contributed by atoms with Gasteiger partial charge in [0.2, 0.25) is 0 Å². The molecule has 0 atom stereocenters. The van der Waals surface area contributed by atoms with E-state index in [2.05, 4.69) is 10.5 Å². The zero-order valence-corrected chi connectivity index (χ0v) is 15.2. The normalized spacial score (nSPS) is 10.9. The van der Waals surface area contributed by atoms with Crippen LogP contribution in [-0.4, -0.2) is 16.7 Å². The third-order valence-electron chi connectivity index (χ3n) is 3.32. The average Bonchev–Trinajstić information content (AvgIpc) is 2.92. The second-order valence-corrected chi connectivity index (χ2v) is 7.08. The number of thiazole rings is 1. The Balaban J connectivity index is 1.79. The summed E-state index contributed by atoms with van der Waals surface area (Å²) in [7, 11) is 0. The number of nitrogens with two attached hydrogens (primary N) is 1. The molecular formula is C17H13ClN4OS2. The predicted molar refractivity (Wildman–Crippen MR) is 105 cm³/mol. The number of carbonyl (C=O) groups is 1. The van der Waals surface area contributed by atoms with Gasteiger partial charge in [0.1, 0.15) is 10.7 Å². The number of nitrogens with zero attached hydrogens (tertiary/aromatic N) is 2. The Morgan fingerprint density at radius 1 is 1.20 bits per heavy atom. The average molecular weight is 389 g/mol. The van der Waals surface area contributed by atoms with Crippen molar-refractivity contribution in [3.05, 3.63) is 74.0 Å². The Bertz CT molecular complexity index is 978. The van der Waals surface area contributed by atoms with Crippen molar-refractivity contribution < 1.29 is 4.79 Å². The number of benzene rings is 2. The summed E-state index contributed by atoms with van der Waals surface area (Å²) in [5.41, 5.74) is 10.2. The Hall–Kier alpha value is -2.48. The third-order valence-corrected chi connectivity index (χ3v) is 4.96. The Morgan fingerprint density at radius 2 is 1.88 bits per heavy atom. The van der Waals surface area contributed by atoms with E-state index in [0.717, 1.165) is 22.6 Å². The van der Waals surface area contributed by atoms with E-state index in [-0.39, 0.29) is 0 Å². The molecule has 3 rings (SSSR count). The van der Waals surface area contributed by atoms with Crippen molar-refractivity contribution >= 4 is 53.1 Å². The molecule has 0 saturated carbocycles. The molecule has 0 saturated heterocycles. The number of hydrogen-bond donors (Lipinski definition) is 2. The molecule has 126 valence electrons. The van der Waals surface area contributed by atoms with Gasteiger partial charge in [0, 0.05) is 10.7 Å². The number of nitrogens with one attached hydrogen (secondary N) is 1. The van der Waals surface area contributed by atoms with Crippen LogP contribution in [0.3, 0.4) is 0 Å². The number of rotatable bonds is 4. The maximum Gasteiger partial charge on any atom is 0.285 e. The van der Waals surface area contributed by atoms with Gasteiger partial charge in [-0.2, -0.15) is 5.10 Å². The van der Waals surface area contributed by atoms with Crippen LogP contribution >= 0.6 is 35.2 Å². The van der Waals surface area contributed by atoms with Gasteiger partial charge in [-0.3, -0.25) is 9.36 Å². The number of nitrogen functional groups attached to an aromatic ring is 1. The van der Waals surface area contributed by atoms with Crippen LogP contribution in [0.25, 0.3) is 5.69 Å². The Kier molecular flexibility index (Phi) is 5.28. The molecule has 0 radical (unpaired) electrons. The zero-order chi connectivity index (χ0) is 17.8. The third kappa shape index (κ3) is 3.96. The lowest BCUT2D eigenvalue weighted by Crippen LogP contribution is -2.18. The standard InChI is InChI=1S/C17H13ClN4OS2/c18-12-8-6-11(7-9-12)10-20-21-16(23)14-15(19)22(17(24)25-14)13-4-2-1-3-5-13/h1-10H,19H2,(H,21,23)/b20-10-. The second kappa shape index (κ2) is 7.60. The number of carbonyl (C=O) groups excluding carboxylic acids is 1. The van der Waals surface area contributed by atoms with Gasteiger partial charge in [-0.05, 0) is 42.0 Å². The number of para-hydroxylation sites is 1. The number of halogens is 1. The second-order valence-electron chi connectivity index (χ2n) is 5.00. The zero-order valence-electron chi connectivity index (χ0n) is 12.8. The van der Waals surface area contributed by atoms with Gasteiger partial charge in [-0.1, -0.05) is 53.3 Å². The first-order chi connectivity index (χ1) is 12.1. The number of anilines is 1. The topological polar surface area (TPSA) is 72.4 Å². The molecule has 3 aromatic rings. The quantitative estimate of drug-likeness (QED) is 0.398. The maximum absolute atomic E-state index is 12.3. The molecule has 1 heterocycles. The molecule has 0 aliphatic carbocycles. The van der Waals surface area contributed by atoms with E-state index in [9.17, 15) is 4.79 Å². The van der Waals surface area contributed by atoms with Gasteiger partial charge in [-0.15, -0.1) is 0 Å². The fourth-order valence-electron chi connectivity index (χ4n) is 2.13. The van der Waals surface area contributed by atoms with Crippen LogP contribution < -0.4 is 11.2 Å². The molecule has 1 aromatic heterocycles. The predicted octanol–water partition coefficient (Wildman–Crippen LogP) is 4.27. The molecule has 1 amide bonds. The summed E-state index contributed by atoms with van der Waals surface area (Å²) in [6.45, 7) is 0. The number of amides is 1. The van der Waals surface area contributed by atoms with Crippen molar-refractivity contribution in [2.75, 3.05) is 5.73 Å². The lowest BCUT2D eigenvalue weighted by molar-refractivity contribution is 0.0959. The smallest absolute Gasteiger partial charge is 0.285 e. The Morgan fingerprint density at radius 3 is 2.56 bits per heavy atom. The Labute approximate surface area is 158 Å². The molecule has 0 unspecified atom stereocenters. The van der Waals surface area contributed by atoms with E-state index in [1.54, 1.807) is 28.8 Å². The van der Waals surface area contributed by atoms with Gasteiger partial charge in [0.15, 0.2) is 3.95 Å². The largest absolute Gasteiger partial charge is 0.383 e. The highest BCUT2D eigenvalue weighted by Gasteiger charge is 2.17. The van der Waals surface area contributed by atoms with E-state index in [0.29, 0.717) is 19.7 Å². The summed E-state index contributed by atoms with van der Waals surface area (Å²) in [5.74, 6) is -0.117. The molecule has 5 nitrogen and oxygen atoms in total. The summed E-state index contributed by atoms with van der Waals surface area (Å²) in [6.07, 6.45) is 1.53. The van der Waals surface area contributed by atoms with E-state index >= 15 is 0 Å². The maximum atomic E-state index is 12.3. The van der Waals surface area contributed by atoms with Crippen molar-refractivity contribution in [1.82, 2.24) is 9.99 Å². The highest BCUT2D eigenvalue weighted by molar-refractivity contribution is 7.73. The molecule has 0 bridgehead atoms. The minimum Gasteiger partial charge on any atom is -0.383 e. The molecule has 8 heteroatoms. The van der Waals surface area contributed by atoms with Gasteiger partial charge >= 0.3 is 0 Å². The van der Waals surface area contributed by atoms with Crippen molar-refractivity contribution in [2.24, 2.45) is 5.10 Å². The van der Waals surface area contributed by atoms with Gasteiger partial charge in [0.05, 0.1) is 6.21 Å². The summed E-state index contributed by atoms with van der Waals surface area (Å²) >= 11 is 12.3. The van der Waals surface area contributed by atoms with Crippen molar-refractivity contribution in [2.45, 2.75) is 0 Å². The summed E-state index contributed by atoms with van der Waals surface area (Å²) < 4.78 is 2.16. The highest BCUT2D eigenvalue weighted by Crippen LogP contribution is 2.25. The van der Waals surface area contributed by atoms with Crippen molar-refractivity contribution in [3.8, 4) is 5.69 Å². The summed E-state index contributed by atoms with van der Waals surface area (Å²) in [5, 5.41) is 4.58. The molecule has 3 N–H and O–H groups in total. The van der Waals surface area contributed by atoms with Crippen LogP contribution in [0, 0.1) is 3.95 Å². The number of hydrazone groups is 1. The van der Waals surface area contributed by atoms with Crippen LogP contribution in [0.5, 0.6) is 0 Å². The molecular weight excluding hydrogens is 376 g/mol. The van der Waals surface area contributed by atoms with E-state index < -0.39 is 5.91 Å². The molecule has 2 aromatic carbocycles. The first-order valence-electron chi connectivity index (χ1n) is 7.22.